The summed E-state index contributed by atoms with van der Waals surface area (Å²) < 4.78 is 2.16. The van der Waals surface area contributed by atoms with Crippen LogP contribution in [0.1, 0.15) is 50.7 Å². The standard InChI is InChI=1S/C28H26N4O2S/c1-17-7-6-8-22(15-17)32-26(25(30-28(32)35)24-9-4-5-14-29-24)23-16-18(2)31(19(23)3)21-12-10-20(11-13-21)27(33)34/h4-16,25-26H,1-3H3,(H,30,35)(H,33,34)/t25-,26+/m1/s1. The minimum atomic E-state index is -0.935. The Hall–Kier alpha value is -3.97. The van der Waals surface area contributed by atoms with Crippen molar-refractivity contribution in [3.63, 3.8) is 0 Å². The molecule has 1 aliphatic rings. The molecule has 35 heavy (non-hydrogen) atoms. The van der Waals surface area contributed by atoms with E-state index in [-0.39, 0.29) is 17.6 Å². The number of nitrogens with one attached hydrogen (secondary N) is 1. The van der Waals surface area contributed by atoms with Crippen LogP contribution in [0.4, 0.5) is 5.69 Å². The third-order valence-corrected chi connectivity index (χ3v) is 6.85. The summed E-state index contributed by atoms with van der Waals surface area (Å²) in [4.78, 5) is 18.2. The molecule has 1 aliphatic heterocycles. The van der Waals surface area contributed by atoms with Crippen molar-refractivity contribution in [2.75, 3.05) is 4.90 Å². The maximum absolute atomic E-state index is 11.3. The van der Waals surface area contributed by atoms with E-state index in [1.807, 2.05) is 36.4 Å². The summed E-state index contributed by atoms with van der Waals surface area (Å²) >= 11 is 5.86. The number of aromatic nitrogens is 2. The number of nitrogens with zero attached hydrogens (tertiary/aromatic N) is 3. The van der Waals surface area contributed by atoms with Gasteiger partial charge in [0.05, 0.1) is 23.3 Å². The van der Waals surface area contributed by atoms with E-state index in [1.54, 1.807) is 18.3 Å². The lowest BCUT2D eigenvalue weighted by atomic mass is 9.96. The minimum absolute atomic E-state index is 0.113. The Kier molecular flexibility index (Phi) is 5.86. The van der Waals surface area contributed by atoms with Gasteiger partial charge in [-0.25, -0.2) is 4.79 Å². The molecule has 6 nitrogen and oxygen atoms in total. The van der Waals surface area contributed by atoms with Gasteiger partial charge in [-0.1, -0.05) is 18.2 Å². The van der Waals surface area contributed by atoms with E-state index >= 15 is 0 Å². The fourth-order valence-electron chi connectivity index (χ4n) is 4.96. The molecule has 2 N–H and O–H groups in total. The van der Waals surface area contributed by atoms with Gasteiger partial charge in [0.2, 0.25) is 0 Å². The van der Waals surface area contributed by atoms with Crippen LogP contribution in [0.3, 0.4) is 0 Å². The van der Waals surface area contributed by atoms with Gasteiger partial charge in [-0.05, 0) is 98.7 Å². The normalized spacial score (nSPS) is 17.5. The highest BCUT2D eigenvalue weighted by Crippen LogP contribution is 2.43. The van der Waals surface area contributed by atoms with Gasteiger partial charge in [0.25, 0.3) is 0 Å². The van der Waals surface area contributed by atoms with Gasteiger partial charge >= 0.3 is 5.97 Å². The quantitative estimate of drug-likeness (QED) is 0.357. The topological polar surface area (TPSA) is 70.4 Å². The zero-order valence-corrected chi connectivity index (χ0v) is 20.6. The van der Waals surface area contributed by atoms with E-state index < -0.39 is 5.97 Å². The third-order valence-electron chi connectivity index (χ3n) is 6.54. The maximum atomic E-state index is 11.3. The highest BCUT2D eigenvalue weighted by atomic mass is 32.1. The van der Waals surface area contributed by atoms with E-state index in [2.05, 4.69) is 64.8 Å². The molecule has 5 rings (SSSR count). The fraction of sp³-hybridized carbons (Fsp3) is 0.179. The SMILES string of the molecule is Cc1cccc(N2C(=S)N[C@H](c3ccccn3)[C@@H]2c2cc(C)n(-c3ccc(C(=O)O)cc3)c2C)c1. The number of thiocarbonyl (C=S) groups is 1. The Morgan fingerprint density at radius 3 is 2.40 bits per heavy atom. The number of rotatable bonds is 5. The third kappa shape index (κ3) is 4.08. The summed E-state index contributed by atoms with van der Waals surface area (Å²) in [5, 5.41) is 13.5. The molecular formula is C28H26N4O2S. The average Bonchev–Trinajstić information content (AvgIpc) is 3.34. The smallest absolute Gasteiger partial charge is 0.335 e. The maximum Gasteiger partial charge on any atom is 0.335 e. The molecule has 0 amide bonds. The van der Waals surface area contributed by atoms with Crippen LogP contribution >= 0.6 is 12.2 Å². The van der Waals surface area contributed by atoms with Crippen LogP contribution in [0.5, 0.6) is 0 Å². The number of carboxylic acid groups (broad SMARTS) is 1. The Balaban J connectivity index is 1.66. The van der Waals surface area contributed by atoms with E-state index in [0.29, 0.717) is 5.11 Å². The molecule has 0 bridgehead atoms. The average molecular weight is 483 g/mol. The van der Waals surface area contributed by atoms with Gasteiger partial charge in [-0.3, -0.25) is 4.98 Å². The molecule has 2 atom stereocenters. The molecule has 0 aliphatic carbocycles. The van der Waals surface area contributed by atoms with Gasteiger partial charge in [0.1, 0.15) is 0 Å². The molecule has 0 radical (unpaired) electrons. The Labute approximate surface area is 209 Å². The molecule has 0 unspecified atom stereocenters. The number of carbonyl (C=O) groups is 1. The largest absolute Gasteiger partial charge is 0.478 e. The summed E-state index contributed by atoms with van der Waals surface area (Å²) in [6, 6.07) is 23.2. The summed E-state index contributed by atoms with van der Waals surface area (Å²) in [5.41, 5.74) is 7.56. The predicted octanol–water partition coefficient (Wildman–Crippen LogP) is 5.67. The van der Waals surface area contributed by atoms with Crippen molar-refractivity contribution in [1.29, 1.82) is 0 Å². The highest BCUT2D eigenvalue weighted by molar-refractivity contribution is 7.80. The summed E-state index contributed by atoms with van der Waals surface area (Å²) in [6.07, 6.45) is 1.81. The lowest BCUT2D eigenvalue weighted by Gasteiger charge is -2.28. The summed E-state index contributed by atoms with van der Waals surface area (Å²) in [7, 11) is 0. The number of benzene rings is 2. The first-order valence-electron chi connectivity index (χ1n) is 11.4. The first-order valence-corrected chi connectivity index (χ1v) is 11.9. The monoisotopic (exact) mass is 482 g/mol. The van der Waals surface area contributed by atoms with Crippen molar-refractivity contribution in [2.24, 2.45) is 0 Å². The van der Waals surface area contributed by atoms with Crippen LogP contribution in [-0.2, 0) is 0 Å². The van der Waals surface area contributed by atoms with Crippen molar-refractivity contribution < 1.29 is 9.90 Å². The van der Waals surface area contributed by atoms with Gasteiger partial charge in [0, 0.05) is 29.0 Å². The van der Waals surface area contributed by atoms with Crippen molar-refractivity contribution >= 4 is 29.0 Å². The molecular weight excluding hydrogens is 456 g/mol. The Bertz CT molecular complexity index is 1410. The van der Waals surface area contributed by atoms with Gasteiger partial charge in [-0.2, -0.15) is 0 Å². The van der Waals surface area contributed by atoms with E-state index in [1.165, 1.54) is 0 Å². The van der Waals surface area contributed by atoms with Gasteiger partial charge in [0.15, 0.2) is 5.11 Å². The number of hydrogen-bond donors (Lipinski definition) is 2. The van der Waals surface area contributed by atoms with Gasteiger partial charge in [-0.15, -0.1) is 0 Å². The molecule has 3 heterocycles. The van der Waals surface area contributed by atoms with Crippen LogP contribution in [0.25, 0.3) is 5.69 Å². The zero-order valence-electron chi connectivity index (χ0n) is 19.8. The van der Waals surface area contributed by atoms with Crippen molar-refractivity contribution in [3.05, 3.63) is 113 Å². The van der Waals surface area contributed by atoms with Crippen LogP contribution in [0, 0.1) is 20.8 Å². The molecule has 1 fully saturated rings. The van der Waals surface area contributed by atoms with Crippen LogP contribution in [0.15, 0.2) is 79.0 Å². The number of carboxylic acids is 1. The molecule has 2 aromatic carbocycles. The van der Waals surface area contributed by atoms with E-state index in [9.17, 15) is 9.90 Å². The number of aryl methyl sites for hydroxylation is 2. The molecule has 176 valence electrons. The lowest BCUT2D eigenvalue weighted by Crippen LogP contribution is -2.29. The molecule has 7 heteroatoms. The van der Waals surface area contributed by atoms with Crippen LogP contribution in [-0.4, -0.2) is 25.7 Å². The molecule has 0 saturated carbocycles. The first kappa shape index (κ1) is 22.8. The second-order valence-corrected chi connectivity index (χ2v) is 9.24. The van der Waals surface area contributed by atoms with E-state index in [0.717, 1.165) is 39.6 Å². The minimum Gasteiger partial charge on any atom is -0.478 e. The van der Waals surface area contributed by atoms with Crippen LogP contribution < -0.4 is 10.2 Å². The fourth-order valence-corrected chi connectivity index (χ4v) is 5.31. The Morgan fingerprint density at radius 2 is 1.74 bits per heavy atom. The second-order valence-electron chi connectivity index (χ2n) is 8.85. The second kappa shape index (κ2) is 9.00. The molecule has 4 aromatic rings. The predicted molar refractivity (Wildman–Crippen MR) is 141 cm³/mol. The van der Waals surface area contributed by atoms with Gasteiger partial charge < -0.3 is 19.9 Å². The number of pyridine rings is 1. The van der Waals surface area contributed by atoms with Crippen molar-refractivity contribution in [1.82, 2.24) is 14.9 Å². The van der Waals surface area contributed by atoms with E-state index in [4.69, 9.17) is 12.2 Å². The highest BCUT2D eigenvalue weighted by Gasteiger charge is 2.42. The lowest BCUT2D eigenvalue weighted by molar-refractivity contribution is 0.0697. The van der Waals surface area contributed by atoms with Crippen LogP contribution in [0.2, 0.25) is 0 Å². The zero-order chi connectivity index (χ0) is 24.7. The molecule has 0 spiro atoms. The molecule has 2 aromatic heterocycles. The number of aromatic carboxylic acids is 1. The summed E-state index contributed by atoms with van der Waals surface area (Å²) in [6.45, 7) is 6.24. The van der Waals surface area contributed by atoms with Crippen molar-refractivity contribution in [2.45, 2.75) is 32.9 Å². The first-order chi connectivity index (χ1) is 16.8. The molecule has 1 saturated heterocycles. The number of hydrogen-bond acceptors (Lipinski definition) is 3. The van der Waals surface area contributed by atoms with Crippen molar-refractivity contribution in [3.8, 4) is 5.69 Å². The number of anilines is 1. The summed E-state index contributed by atoms with van der Waals surface area (Å²) in [5.74, 6) is -0.935. The Morgan fingerprint density at radius 1 is 0.971 bits per heavy atom.